The lowest BCUT2D eigenvalue weighted by Gasteiger charge is -2.29. The molecule has 2 aliphatic rings. The van der Waals surface area contributed by atoms with Gasteiger partial charge >= 0.3 is 5.76 Å². The van der Waals surface area contributed by atoms with Gasteiger partial charge < -0.3 is 14.6 Å². The number of likely N-dealkylation sites (N-methyl/N-ethyl adjacent to an activating group) is 1. The first-order valence-electron chi connectivity index (χ1n) is 11.6. The van der Waals surface area contributed by atoms with Gasteiger partial charge in [-0.15, -0.1) is 0 Å². The van der Waals surface area contributed by atoms with Crippen LogP contribution >= 0.6 is 0 Å². The smallest absolute Gasteiger partial charge is 0.408 e. The normalized spacial score (nSPS) is 23.4. The third kappa shape index (κ3) is 4.37. The Hall–Kier alpha value is -2.86. The van der Waals surface area contributed by atoms with Crippen molar-refractivity contribution in [1.29, 1.82) is 0 Å². The summed E-state index contributed by atoms with van der Waals surface area (Å²) < 4.78 is 5.23. The molecule has 3 aromatic rings. The first-order chi connectivity index (χ1) is 15.4. The average Bonchev–Trinajstić information content (AvgIpc) is 3.69. The van der Waals surface area contributed by atoms with Crippen molar-refractivity contribution in [3.63, 3.8) is 0 Å². The summed E-state index contributed by atoms with van der Waals surface area (Å²) in [6.07, 6.45) is 4.27. The minimum absolute atomic E-state index is 0.0322. The highest BCUT2D eigenvalue weighted by atomic mass is 16.4. The Morgan fingerprint density at radius 3 is 2.78 bits per heavy atom. The summed E-state index contributed by atoms with van der Waals surface area (Å²) in [5.74, 6) is 0.518. The number of hydrogen-bond acceptors (Lipinski definition) is 4. The number of benzene rings is 2. The predicted molar refractivity (Wildman–Crippen MR) is 125 cm³/mol. The fourth-order valence-electron chi connectivity index (χ4n) is 4.86. The highest BCUT2D eigenvalue weighted by Gasteiger charge is 2.55. The molecular formula is C26H31N3O3. The van der Waals surface area contributed by atoms with E-state index in [1.54, 1.807) is 0 Å². The summed E-state index contributed by atoms with van der Waals surface area (Å²) in [6, 6.07) is 16.4. The lowest BCUT2D eigenvalue weighted by Crippen LogP contribution is -2.44. The largest absolute Gasteiger partial charge is 0.417 e. The van der Waals surface area contributed by atoms with Crippen molar-refractivity contribution in [3.8, 4) is 0 Å². The second kappa shape index (κ2) is 8.24. The van der Waals surface area contributed by atoms with Crippen LogP contribution in [0.2, 0.25) is 0 Å². The summed E-state index contributed by atoms with van der Waals surface area (Å²) in [4.78, 5) is 29.5. The van der Waals surface area contributed by atoms with E-state index in [0.29, 0.717) is 17.6 Å². The van der Waals surface area contributed by atoms with Crippen LogP contribution in [0.5, 0.6) is 0 Å². The van der Waals surface area contributed by atoms with E-state index in [9.17, 15) is 9.59 Å². The maximum Gasteiger partial charge on any atom is 0.417 e. The number of nitrogens with zero attached hydrogens (tertiary/aromatic N) is 1. The molecule has 2 aliphatic carbocycles. The minimum Gasteiger partial charge on any atom is -0.408 e. The Bertz CT molecular complexity index is 1160. The zero-order valence-electron chi connectivity index (χ0n) is 18.8. The lowest BCUT2D eigenvalue weighted by molar-refractivity contribution is -0.122. The van der Waals surface area contributed by atoms with E-state index in [-0.39, 0.29) is 23.3 Å². The molecule has 0 aliphatic heterocycles. The molecule has 1 amide bonds. The number of hydrogen-bond donors (Lipinski definition) is 2. The van der Waals surface area contributed by atoms with Crippen LogP contribution in [0.3, 0.4) is 0 Å². The average molecular weight is 434 g/mol. The van der Waals surface area contributed by atoms with Crippen molar-refractivity contribution in [3.05, 3.63) is 70.2 Å². The summed E-state index contributed by atoms with van der Waals surface area (Å²) in [7, 11) is 2.15. The zero-order valence-corrected chi connectivity index (χ0v) is 18.8. The molecule has 0 spiro atoms. The number of fused-ring (bicyclic) bond motifs is 1. The van der Waals surface area contributed by atoms with Crippen molar-refractivity contribution in [2.75, 3.05) is 20.1 Å². The van der Waals surface area contributed by atoms with Gasteiger partial charge in [-0.2, -0.15) is 0 Å². The molecule has 2 saturated carbocycles. The molecule has 6 nitrogen and oxygen atoms in total. The van der Waals surface area contributed by atoms with Crippen LogP contribution in [0.15, 0.2) is 57.7 Å². The maximum atomic E-state index is 13.0. The van der Waals surface area contributed by atoms with Gasteiger partial charge in [-0.05, 0) is 61.9 Å². The van der Waals surface area contributed by atoms with Gasteiger partial charge in [0.05, 0.1) is 5.52 Å². The Balaban J connectivity index is 1.25. The van der Waals surface area contributed by atoms with E-state index in [4.69, 9.17) is 4.42 Å². The second-order valence-electron chi connectivity index (χ2n) is 9.87. The number of rotatable bonds is 9. The van der Waals surface area contributed by atoms with Gasteiger partial charge in [-0.25, -0.2) is 4.79 Å². The minimum atomic E-state index is -0.433. The first-order valence-corrected chi connectivity index (χ1v) is 11.6. The third-order valence-electron chi connectivity index (χ3n) is 7.32. The summed E-state index contributed by atoms with van der Waals surface area (Å²) >= 11 is 0. The number of aromatic nitrogens is 1. The van der Waals surface area contributed by atoms with Gasteiger partial charge in [-0.1, -0.05) is 43.3 Å². The molecule has 0 bridgehead atoms. The maximum absolute atomic E-state index is 13.0. The van der Waals surface area contributed by atoms with Crippen molar-refractivity contribution in [2.45, 2.75) is 44.1 Å². The molecule has 2 fully saturated rings. The highest BCUT2D eigenvalue weighted by Crippen LogP contribution is 2.53. The second-order valence-corrected chi connectivity index (χ2v) is 9.87. The topological polar surface area (TPSA) is 78.3 Å². The van der Waals surface area contributed by atoms with Crippen LogP contribution in [-0.2, 0) is 16.6 Å². The zero-order chi connectivity index (χ0) is 22.3. The number of nitrogens with one attached hydrogen (secondary N) is 2. The first kappa shape index (κ1) is 21.0. The van der Waals surface area contributed by atoms with E-state index in [2.05, 4.69) is 41.3 Å². The predicted octanol–water partition coefficient (Wildman–Crippen LogP) is 3.47. The molecule has 2 aromatic carbocycles. The molecule has 168 valence electrons. The Labute approximate surface area is 188 Å². The summed E-state index contributed by atoms with van der Waals surface area (Å²) in [5, 5.41) is 3.25. The van der Waals surface area contributed by atoms with Crippen molar-refractivity contribution in [1.82, 2.24) is 15.2 Å². The molecule has 0 radical (unpaired) electrons. The van der Waals surface area contributed by atoms with Gasteiger partial charge in [0.2, 0.25) is 5.91 Å². The number of carbonyl (C=O) groups is 1. The molecule has 1 aromatic heterocycles. The number of amides is 1. The number of oxazole rings is 1. The van der Waals surface area contributed by atoms with Gasteiger partial charge in [0, 0.05) is 30.5 Å². The molecule has 6 heteroatoms. The van der Waals surface area contributed by atoms with E-state index in [1.165, 1.54) is 18.4 Å². The SMILES string of the molecule is CN(CC1CC1)[C@H](CNC(=O)[C@@H]1CC1(C)c1ccccc1)Cc1ccc2[nH]c(=O)oc2c1. The standard InChI is InChI=1S/C26H31N3O3/c1-26(19-6-4-3-5-7-19)14-21(26)24(30)27-15-20(29(2)16-17-8-9-17)12-18-10-11-22-23(13-18)32-25(31)28-22/h3-7,10-11,13,17,20-21H,8-9,12,14-16H2,1-2H3,(H,27,30)(H,28,31)/t20-,21-,26?/m0/s1. The van der Waals surface area contributed by atoms with Crippen molar-refractivity contribution in [2.24, 2.45) is 11.8 Å². The molecule has 2 N–H and O–H groups in total. The van der Waals surface area contributed by atoms with Gasteiger partial charge in [0.1, 0.15) is 0 Å². The quantitative estimate of drug-likeness (QED) is 0.542. The van der Waals surface area contributed by atoms with E-state index >= 15 is 0 Å². The lowest BCUT2D eigenvalue weighted by atomic mass is 9.95. The number of carbonyl (C=O) groups excluding carboxylic acids is 1. The molecule has 1 heterocycles. The van der Waals surface area contributed by atoms with Crippen LogP contribution in [0, 0.1) is 11.8 Å². The monoisotopic (exact) mass is 433 g/mol. The van der Waals surface area contributed by atoms with Crippen LogP contribution in [-0.4, -0.2) is 42.0 Å². The summed E-state index contributed by atoms with van der Waals surface area (Å²) in [5.41, 5.74) is 3.57. The molecule has 5 rings (SSSR count). The van der Waals surface area contributed by atoms with Gasteiger partial charge in [-0.3, -0.25) is 9.78 Å². The van der Waals surface area contributed by atoms with Crippen LogP contribution in [0.4, 0.5) is 0 Å². The number of H-pyrrole nitrogens is 1. The fourth-order valence-corrected chi connectivity index (χ4v) is 4.86. The molecular weight excluding hydrogens is 402 g/mol. The van der Waals surface area contributed by atoms with Gasteiger partial charge in [0.15, 0.2) is 5.58 Å². The highest BCUT2D eigenvalue weighted by molar-refractivity contribution is 5.84. The van der Waals surface area contributed by atoms with Crippen molar-refractivity contribution < 1.29 is 9.21 Å². The fraction of sp³-hybridized carbons (Fsp3) is 0.462. The Morgan fingerprint density at radius 2 is 2.03 bits per heavy atom. The van der Waals surface area contributed by atoms with Gasteiger partial charge in [0.25, 0.3) is 0 Å². The number of aromatic amines is 1. The van der Waals surface area contributed by atoms with Crippen LogP contribution in [0.25, 0.3) is 11.1 Å². The van der Waals surface area contributed by atoms with E-state index < -0.39 is 5.76 Å². The molecule has 1 unspecified atom stereocenters. The molecule has 32 heavy (non-hydrogen) atoms. The third-order valence-corrected chi connectivity index (χ3v) is 7.32. The molecule has 3 atom stereocenters. The van der Waals surface area contributed by atoms with Crippen molar-refractivity contribution >= 4 is 17.0 Å². The Kier molecular flexibility index (Phi) is 5.41. The van der Waals surface area contributed by atoms with E-state index in [1.807, 2.05) is 36.4 Å². The summed E-state index contributed by atoms with van der Waals surface area (Å²) in [6.45, 7) is 3.84. The van der Waals surface area contributed by atoms with E-state index in [0.717, 1.165) is 30.9 Å². The van der Waals surface area contributed by atoms with Crippen LogP contribution < -0.4 is 11.1 Å². The van der Waals surface area contributed by atoms with Crippen LogP contribution in [0.1, 0.15) is 37.3 Å². The molecule has 0 saturated heterocycles. The Morgan fingerprint density at radius 1 is 1.25 bits per heavy atom.